The van der Waals surface area contributed by atoms with E-state index in [-0.39, 0.29) is 5.92 Å². The number of morpholine rings is 1. The number of rotatable bonds is 3. The molecule has 0 radical (unpaired) electrons. The van der Waals surface area contributed by atoms with Gasteiger partial charge in [0, 0.05) is 30.0 Å². The summed E-state index contributed by atoms with van der Waals surface area (Å²) in [5, 5.41) is 0. The number of hydrogen-bond acceptors (Lipinski definition) is 3. The molecule has 120 valence electrons. The van der Waals surface area contributed by atoms with E-state index in [0.29, 0.717) is 19.1 Å². The summed E-state index contributed by atoms with van der Waals surface area (Å²) in [7, 11) is 0. The van der Waals surface area contributed by atoms with Crippen molar-refractivity contribution in [2.45, 2.75) is 19.4 Å². The molecule has 2 aliphatic heterocycles. The summed E-state index contributed by atoms with van der Waals surface area (Å²) < 4.78 is 6.49. The molecule has 2 fully saturated rings. The van der Waals surface area contributed by atoms with Crippen LogP contribution in [0.3, 0.4) is 0 Å². The molecule has 0 atom stereocenters. The number of ether oxygens (including phenoxy) is 1. The van der Waals surface area contributed by atoms with E-state index in [2.05, 4.69) is 39.0 Å². The second-order valence-electron chi connectivity index (χ2n) is 6.08. The lowest BCUT2D eigenvalue weighted by Gasteiger charge is -2.35. The Balaban J connectivity index is 1.50. The van der Waals surface area contributed by atoms with Gasteiger partial charge in [-0.05, 0) is 37.6 Å². The van der Waals surface area contributed by atoms with Crippen LogP contribution in [0.2, 0.25) is 0 Å². The van der Waals surface area contributed by atoms with Crippen LogP contribution in [0.5, 0.6) is 0 Å². The van der Waals surface area contributed by atoms with E-state index in [1.807, 2.05) is 11.0 Å². The first-order valence-electron chi connectivity index (χ1n) is 8.06. The summed E-state index contributed by atoms with van der Waals surface area (Å²) >= 11 is 3.61. The largest absolute Gasteiger partial charge is 0.378 e. The molecule has 4 nitrogen and oxygen atoms in total. The van der Waals surface area contributed by atoms with E-state index >= 15 is 0 Å². The number of hydrogen-bond donors (Lipinski definition) is 0. The van der Waals surface area contributed by atoms with Crippen molar-refractivity contribution in [3.63, 3.8) is 0 Å². The molecule has 0 bridgehead atoms. The number of benzene rings is 1. The number of piperidine rings is 1. The molecule has 0 unspecified atom stereocenters. The van der Waals surface area contributed by atoms with Crippen LogP contribution in [-0.4, -0.2) is 55.1 Å². The Labute approximate surface area is 140 Å². The van der Waals surface area contributed by atoms with Crippen molar-refractivity contribution in [3.8, 4) is 0 Å². The number of nitrogens with zero attached hydrogens (tertiary/aromatic N) is 2. The fourth-order valence-electron chi connectivity index (χ4n) is 3.25. The Morgan fingerprint density at radius 3 is 2.50 bits per heavy atom. The van der Waals surface area contributed by atoms with Gasteiger partial charge in [0.15, 0.2) is 0 Å². The zero-order chi connectivity index (χ0) is 15.4. The van der Waals surface area contributed by atoms with Crippen molar-refractivity contribution in [2.75, 3.05) is 39.4 Å². The minimum Gasteiger partial charge on any atom is -0.378 e. The first kappa shape index (κ1) is 16.0. The van der Waals surface area contributed by atoms with E-state index < -0.39 is 0 Å². The van der Waals surface area contributed by atoms with Gasteiger partial charge < -0.3 is 9.64 Å². The van der Waals surface area contributed by atoms with Crippen LogP contribution in [-0.2, 0) is 16.1 Å². The molecule has 2 aliphatic rings. The van der Waals surface area contributed by atoms with Crippen LogP contribution in [0.15, 0.2) is 28.7 Å². The number of carbonyl (C=O) groups excluding carboxylic acids is 1. The van der Waals surface area contributed by atoms with Crippen LogP contribution in [0.25, 0.3) is 0 Å². The zero-order valence-corrected chi connectivity index (χ0v) is 14.4. The normalized spacial score (nSPS) is 21.0. The van der Waals surface area contributed by atoms with E-state index in [1.165, 1.54) is 10.0 Å². The van der Waals surface area contributed by atoms with Gasteiger partial charge in [0.2, 0.25) is 5.91 Å². The Morgan fingerprint density at radius 1 is 1.14 bits per heavy atom. The average Bonchev–Trinajstić information content (AvgIpc) is 2.58. The van der Waals surface area contributed by atoms with Crippen molar-refractivity contribution in [2.24, 2.45) is 5.92 Å². The van der Waals surface area contributed by atoms with Gasteiger partial charge >= 0.3 is 0 Å². The van der Waals surface area contributed by atoms with Gasteiger partial charge in [-0.3, -0.25) is 9.69 Å². The Hall–Kier alpha value is -0.910. The third-order valence-electron chi connectivity index (χ3n) is 4.61. The topological polar surface area (TPSA) is 32.8 Å². The number of carbonyl (C=O) groups is 1. The summed E-state index contributed by atoms with van der Waals surface area (Å²) in [5.74, 6) is 0.539. The van der Waals surface area contributed by atoms with Crippen molar-refractivity contribution in [1.29, 1.82) is 0 Å². The SMILES string of the molecule is O=C(C1CCN(Cc2ccccc2Br)CC1)N1CCOCC1. The van der Waals surface area contributed by atoms with Crippen LogP contribution in [0.4, 0.5) is 0 Å². The number of halogens is 1. The fourth-order valence-corrected chi connectivity index (χ4v) is 3.66. The second kappa shape index (κ2) is 7.57. The minimum absolute atomic E-state index is 0.202. The smallest absolute Gasteiger partial charge is 0.225 e. The summed E-state index contributed by atoms with van der Waals surface area (Å²) in [5.41, 5.74) is 1.32. The molecule has 0 aliphatic carbocycles. The molecule has 1 aromatic carbocycles. The van der Waals surface area contributed by atoms with Gasteiger partial charge in [-0.1, -0.05) is 34.1 Å². The summed E-state index contributed by atoms with van der Waals surface area (Å²) in [6.45, 7) is 5.86. The third-order valence-corrected chi connectivity index (χ3v) is 5.38. The molecule has 3 rings (SSSR count). The monoisotopic (exact) mass is 366 g/mol. The van der Waals surface area contributed by atoms with E-state index in [9.17, 15) is 4.79 Å². The van der Waals surface area contributed by atoms with Crippen LogP contribution >= 0.6 is 15.9 Å². The lowest BCUT2D eigenvalue weighted by molar-refractivity contribution is -0.141. The van der Waals surface area contributed by atoms with E-state index in [4.69, 9.17) is 4.74 Å². The third kappa shape index (κ3) is 3.89. The Kier molecular flexibility index (Phi) is 5.50. The highest BCUT2D eigenvalue weighted by molar-refractivity contribution is 9.10. The highest BCUT2D eigenvalue weighted by Crippen LogP contribution is 2.24. The molecule has 22 heavy (non-hydrogen) atoms. The van der Waals surface area contributed by atoms with Gasteiger partial charge in [-0.2, -0.15) is 0 Å². The van der Waals surface area contributed by atoms with Gasteiger partial charge in [-0.15, -0.1) is 0 Å². The molecular formula is C17H23BrN2O2. The molecule has 0 aromatic heterocycles. The number of amides is 1. The first-order chi connectivity index (χ1) is 10.7. The molecule has 5 heteroatoms. The van der Waals surface area contributed by atoms with Crippen molar-refractivity contribution >= 4 is 21.8 Å². The second-order valence-corrected chi connectivity index (χ2v) is 6.93. The predicted octanol–water partition coefficient (Wildman–Crippen LogP) is 2.52. The van der Waals surface area contributed by atoms with Crippen LogP contribution in [0.1, 0.15) is 18.4 Å². The van der Waals surface area contributed by atoms with Gasteiger partial charge in [0.25, 0.3) is 0 Å². The highest BCUT2D eigenvalue weighted by Gasteiger charge is 2.29. The van der Waals surface area contributed by atoms with Crippen LogP contribution in [0, 0.1) is 5.92 Å². The molecule has 2 heterocycles. The first-order valence-corrected chi connectivity index (χ1v) is 8.85. The van der Waals surface area contributed by atoms with E-state index in [0.717, 1.165) is 45.6 Å². The molecule has 1 aromatic rings. The van der Waals surface area contributed by atoms with Crippen molar-refractivity contribution in [1.82, 2.24) is 9.80 Å². The maximum absolute atomic E-state index is 12.5. The molecule has 0 spiro atoms. The lowest BCUT2D eigenvalue weighted by atomic mass is 9.94. The molecular weight excluding hydrogens is 344 g/mol. The summed E-state index contributed by atoms with van der Waals surface area (Å²) in [6.07, 6.45) is 1.95. The van der Waals surface area contributed by atoms with Gasteiger partial charge in [0.1, 0.15) is 0 Å². The van der Waals surface area contributed by atoms with E-state index in [1.54, 1.807) is 0 Å². The zero-order valence-electron chi connectivity index (χ0n) is 12.8. The van der Waals surface area contributed by atoms with Crippen molar-refractivity contribution < 1.29 is 9.53 Å². The maximum Gasteiger partial charge on any atom is 0.225 e. The van der Waals surface area contributed by atoms with Crippen LogP contribution < -0.4 is 0 Å². The number of likely N-dealkylation sites (tertiary alicyclic amines) is 1. The van der Waals surface area contributed by atoms with Crippen molar-refractivity contribution in [3.05, 3.63) is 34.3 Å². The fraction of sp³-hybridized carbons (Fsp3) is 0.588. The quantitative estimate of drug-likeness (QED) is 0.823. The van der Waals surface area contributed by atoms with Gasteiger partial charge in [-0.25, -0.2) is 0 Å². The summed E-state index contributed by atoms with van der Waals surface area (Å²) in [6, 6.07) is 8.37. The lowest BCUT2D eigenvalue weighted by Crippen LogP contribution is -2.46. The Bertz CT molecular complexity index is 509. The molecule has 1 amide bonds. The van der Waals surface area contributed by atoms with Gasteiger partial charge in [0.05, 0.1) is 13.2 Å². The predicted molar refractivity (Wildman–Crippen MR) is 89.5 cm³/mol. The molecule has 0 saturated carbocycles. The minimum atomic E-state index is 0.202. The average molecular weight is 367 g/mol. The standard InChI is InChI=1S/C17H23BrN2O2/c18-16-4-2-1-3-15(16)13-19-7-5-14(6-8-19)17(21)20-9-11-22-12-10-20/h1-4,14H,5-13H2. The Morgan fingerprint density at radius 2 is 1.82 bits per heavy atom. The molecule has 0 N–H and O–H groups in total. The molecule has 2 saturated heterocycles. The maximum atomic E-state index is 12.5. The summed E-state index contributed by atoms with van der Waals surface area (Å²) in [4.78, 5) is 16.9. The highest BCUT2D eigenvalue weighted by atomic mass is 79.9.